The normalized spacial score (nSPS) is 25.2. The Hall–Kier alpha value is -0.370. The molecule has 0 aromatic carbocycles. The fourth-order valence-electron chi connectivity index (χ4n) is 2.66. The summed E-state index contributed by atoms with van der Waals surface area (Å²) in [4.78, 5) is 12.1. The zero-order valence-electron chi connectivity index (χ0n) is 8.93. The molecule has 2 fully saturated rings. The molecule has 80 valence electrons. The Morgan fingerprint density at radius 1 is 1.29 bits per heavy atom. The Kier molecular flexibility index (Phi) is 2.91. The molecular weight excluding hydrogens is 174 g/mol. The molecule has 0 radical (unpaired) electrons. The van der Waals surface area contributed by atoms with E-state index in [2.05, 4.69) is 0 Å². The lowest BCUT2D eigenvalue weighted by molar-refractivity contribution is -0.128. The second-order valence-corrected chi connectivity index (χ2v) is 5.10. The summed E-state index contributed by atoms with van der Waals surface area (Å²) in [6.07, 6.45) is 9.12. The zero-order valence-corrected chi connectivity index (χ0v) is 8.93. The van der Waals surface area contributed by atoms with E-state index in [9.17, 15) is 4.79 Å². The molecule has 0 heterocycles. The van der Waals surface area contributed by atoms with Crippen molar-refractivity contribution in [2.45, 2.75) is 51.4 Å². The maximum atomic E-state index is 12.1. The van der Waals surface area contributed by atoms with Crippen LogP contribution in [0.4, 0.5) is 0 Å². The Morgan fingerprint density at radius 3 is 2.43 bits per heavy atom. The maximum absolute atomic E-state index is 12.1. The van der Waals surface area contributed by atoms with E-state index in [1.807, 2.05) is 0 Å². The van der Waals surface area contributed by atoms with Crippen molar-refractivity contribution in [2.24, 2.45) is 17.1 Å². The Bertz CT molecular complexity index is 214. The number of carbonyl (C=O) groups is 1. The predicted octanol–water partition coefficient (Wildman–Crippen LogP) is 2.26. The van der Waals surface area contributed by atoms with Gasteiger partial charge in [-0.15, -0.1) is 0 Å². The first-order chi connectivity index (χ1) is 6.77. The van der Waals surface area contributed by atoms with Crippen molar-refractivity contribution < 1.29 is 4.79 Å². The molecule has 2 N–H and O–H groups in total. The van der Waals surface area contributed by atoms with Gasteiger partial charge < -0.3 is 5.73 Å². The van der Waals surface area contributed by atoms with Crippen molar-refractivity contribution in [1.82, 2.24) is 0 Å². The van der Waals surface area contributed by atoms with E-state index in [1.165, 1.54) is 25.7 Å². The lowest BCUT2D eigenvalue weighted by Gasteiger charge is -2.25. The molecule has 2 aliphatic rings. The SMILES string of the molecule is NCC1(C(=O)CCC2CC2)CCCC1. The van der Waals surface area contributed by atoms with Crippen LogP contribution in [0.3, 0.4) is 0 Å². The summed E-state index contributed by atoms with van der Waals surface area (Å²) in [7, 11) is 0. The van der Waals surface area contributed by atoms with Crippen LogP contribution in [0.15, 0.2) is 0 Å². The monoisotopic (exact) mass is 195 g/mol. The number of hydrogen-bond acceptors (Lipinski definition) is 2. The van der Waals surface area contributed by atoms with Gasteiger partial charge in [-0.05, 0) is 25.2 Å². The fraction of sp³-hybridized carbons (Fsp3) is 0.917. The lowest BCUT2D eigenvalue weighted by atomic mass is 9.79. The van der Waals surface area contributed by atoms with E-state index in [1.54, 1.807) is 0 Å². The number of Topliss-reactive ketones (excluding diaryl/α,β-unsaturated/α-hetero) is 1. The maximum Gasteiger partial charge on any atom is 0.140 e. The van der Waals surface area contributed by atoms with Crippen LogP contribution in [-0.2, 0) is 4.79 Å². The Morgan fingerprint density at radius 2 is 1.93 bits per heavy atom. The van der Waals surface area contributed by atoms with E-state index in [0.717, 1.165) is 31.6 Å². The highest BCUT2D eigenvalue weighted by molar-refractivity contribution is 5.85. The van der Waals surface area contributed by atoms with Gasteiger partial charge in [0.15, 0.2) is 0 Å². The van der Waals surface area contributed by atoms with Gasteiger partial charge in [0.05, 0.1) is 0 Å². The third-order valence-corrected chi connectivity index (χ3v) is 4.02. The Balaban J connectivity index is 1.86. The molecular formula is C12H21NO. The van der Waals surface area contributed by atoms with Crippen LogP contribution in [0, 0.1) is 11.3 Å². The lowest BCUT2D eigenvalue weighted by Crippen LogP contribution is -2.36. The first-order valence-electron chi connectivity index (χ1n) is 6.00. The smallest absolute Gasteiger partial charge is 0.140 e. The third kappa shape index (κ3) is 2.00. The molecule has 0 unspecified atom stereocenters. The van der Waals surface area contributed by atoms with Crippen LogP contribution in [-0.4, -0.2) is 12.3 Å². The molecule has 14 heavy (non-hydrogen) atoms. The van der Waals surface area contributed by atoms with Gasteiger partial charge in [0.2, 0.25) is 0 Å². The second-order valence-electron chi connectivity index (χ2n) is 5.10. The number of ketones is 1. The summed E-state index contributed by atoms with van der Waals surface area (Å²) in [5, 5.41) is 0. The highest BCUT2D eigenvalue weighted by Gasteiger charge is 2.39. The molecule has 0 aromatic heterocycles. The summed E-state index contributed by atoms with van der Waals surface area (Å²) in [6, 6.07) is 0. The fourth-order valence-corrected chi connectivity index (χ4v) is 2.66. The van der Waals surface area contributed by atoms with E-state index < -0.39 is 0 Å². The summed E-state index contributed by atoms with van der Waals surface area (Å²) in [5.74, 6) is 1.33. The minimum atomic E-state index is -0.102. The number of hydrogen-bond donors (Lipinski definition) is 1. The van der Waals surface area contributed by atoms with Crippen molar-refractivity contribution in [2.75, 3.05) is 6.54 Å². The minimum absolute atomic E-state index is 0.102. The summed E-state index contributed by atoms with van der Waals surface area (Å²) in [6.45, 7) is 0.580. The van der Waals surface area contributed by atoms with Gasteiger partial charge in [-0.1, -0.05) is 25.7 Å². The predicted molar refractivity (Wildman–Crippen MR) is 56.9 cm³/mol. The topological polar surface area (TPSA) is 43.1 Å². The van der Waals surface area contributed by atoms with Crippen LogP contribution >= 0.6 is 0 Å². The van der Waals surface area contributed by atoms with Crippen LogP contribution in [0.5, 0.6) is 0 Å². The summed E-state index contributed by atoms with van der Waals surface area (Å²) >= 11 is 0. The van der Waals surface area contributed by atoms with Gasteiger partial charge in [0, 0.05) is 18.4 Å². The average molecular weight is 195 g/mol. The first kappa shape index (κ1) is 10.2. The molecule has 0 atom stereocenters. The Labute approximate surface area is 86.2 Å². The zero-order chi connectivity index (χ0) is 10.0. The molecule has 0 aliphatic heterocycles. The molecule has 2 saturated carbocycles. The molecule has 2 nitrogen and oxygen atoms in total. The average Bonchev–Trinajstić information content (AvgIpc) is 2.90. The van der Waals surface area contributed by atoms with Gasteiger partial charge in [-0.25, -0.2) is 0 Å². The number of rotatable bonds is 5. The van der Waals surface area contributed by atoms with Gasteiger partial charge in [-0.2, -0.15) is 0 Å². The molecule has 2 aliphatic carbocycles. The van der Waals surface area contributed by atoms with Crippen molar-refractivity contribution in [1.29, 1.82) is 0 Å². The van der Waals surface area contributed by atoms with Gasteiger partial charge in [0.1, 0.15) is 5.78 Å². The third-order valence-electron chi connectivity index (χ3n) is 4.02. The van der Waals surface area contributed by atoms with Crippen molar-refractivity contribution in [3.8, 4) is 0 Å². The van der Waals surface area contributed by atoms with Crippen molar-refractivity contribution in [3.63, 3.8) is 0 Å². The van der Waals surface area contributed by atoms with E-state index in [-0.39, 0.29) is 5.41 Å². The second kappa shape index (κ2) is 4.01. The van der Waals surface area contributed by atoms with Crippen molar-refractivity contribution >= 4 is 5.78 Å². The minimum Gasteiger partial charge on any atom is -0.329 e. The van der Waals surface area contributed by atoms with Crippen LogP contribution in [0.25, 0.3) is 0 Å². The summed E-state index contributed by atoms with van der Waals surface area (Å²) < 4.78 is 0. The number of nitrogens with two attached hydrogens (primary N) is 1. The quantitative estimate of drug-likeness (QED) is 0.731. The number of carbonyl (C=O) groups excluding carboxylic acids is 1. The molecule has 2 rings (SSSR count). The molecule has 0 spiro atoms. The van der Waals surface area contributed by atoms with Crippen LogP contribution in [0.1, 0.15) is 51.4 Å². The molecule has 0 amide bonds. The van der Waals surface area contributed by atoms with Crippen LogP contribution in [0.2, 0.25) is 0 Å². The van der Waals surface area contributed by atoms with Crippen molar-refractivity contribution in [3.05, 3.63) is 0 Å². The highest BCUT2D eigenvalue weighted by atomic mass is 16.1. The van der Waals surface area contributed by atoms with Gasteiger partial charge in [-0.3, -0.25) is 4.79 Å². The molecule has 0 aromatic rings. The molecule has 0 bridgehead atoms. The molecule has 0 saturated heterocycles. The van der Waals surface area contributed by atoms with Crippen LogP contribution < -0.4 is 5.73 Å². The highest BCUT2D eigenvalue weighted by Crippen LogP contribution is 2.41. The standard InChI is InChI=1S/C12H21NO/c13-9-12(7-1-2-8-12)11(14)6-5-10-3-4-10/h10H,1-9,13H2. The van der Waals surface area contributed by atoms with Gasteiger partial charge in [0.25, 0.3) is 0 Å². The van der Waals surface area contributed by atoms with E-state index >= 15 is 0 Å². The van der Waals surface area contributed by atoms with E-state index in [4.69, 9.17) is 5.73 Å². The summed E-state index contributed by atoms with van der Waals surface area (Å²) in [5.41, 5.74) is 5.67. The first-order valence-corrected chi connectivity index (χ1v) is 6.00. The molecule has 2 heteroatoms. The largest absolute Gasteiger partial charge is 0.329 e. The van der Waals surface area contributed by atoms with E-state index in [0.29, 0.717) is 12.3 Å². The van der Waals surface area contributed by atoms with Gasteiger partial charge >= 0.3 is 0 Å².